The molecule has 3 heterocycles. The molecule has 0 radical (unpaired) electrons. The molecule has 1 aromatic heterocycles. The molecule has 0 spiro atoms. The van der Waals surface area contributed by atoms with E-state index in [4.69, 9.17) is 0 Å². The maximum atomic E-state index is 12.2. The van der Waals surface area contributed by atoms with Gasteiger partial charge in [-0.25, -0.2) is 4.98 Å². The molecule has 7 heteroatoms. The average Bonchev–Trinajstić information content (AvgIpc) is 3.21. The first-order valence-electron chi connectivity index (χ1n) is 9.70. The minimum Gasteiger partial charge on any atom is -0.356 e. The second-order valence-corrected chi connectivity index (χ2v) is 8.79. The van der Waals surface area contributed by atoms with Crippen LogP contribution in [0.4, 0.5) is 0 Å². The minimum atomic E-state index is 0. The number of piperidine rings is 1. The Morgan fingerprint density at radius 1 is 1.18 bits per heavy atom. The summed E-state index contributed by atoms with van der Waals surface area (Å²) in [6.07, 6.45) is 6.48. The lowest BCUT2D eigenvalue weighted by molar-refractivity contribution is -0.122. The zero-order valence-corrected chi connectivity index (χ0v) is 18.6. The molecular formula is C21H29Cl2N3OS. The molecule has 2 N–H and O–H groups in total. The molecular weight excluding hydrogens is 413 g/mol. The van der Waals surface area contributed by atoms with Gasteiger partial charge >= 0.3 is 0 Å². The van der Waals surface area contributed by atoms with E-state index in [2.05, 4.69) is 45.3 Å². The number of carbonyl (C=O) groups is 1. The number of carbonyl (C=O) groups excluding carboxylic acids is 1. The summed E-state index contributed by atoms with van der Waals surface area (Å²) < 4.78 is 0. The third kappa shape index (κ3) is 5.93. The fourth-order valence-electron chi connectivity index (χ4n) is 4.36. The average molecular weight is 442 g/mol. The molecule has 2 atom stereocenters. The molecule has 0 saturated carbocycles. The van der Waals surface area contributed by atoms with Gasteiger partial charge in [0.05, 0.1) is 10.7 Å². The van der Waals surface area contributed by atoms with Gasteiger partial charge < -0.3 is 10.6 Å². The van der Waals surface area contributed by atoms with Crippen molar-refractivity contribution in [3.63, 3.8) is 0 Å². The predicted octanol–water partition coefficient (Wildman–Crippen LogP) is 4.54. The van der Waals surface area contributed by atoms with E-state index >= 15 is 0 Å². The molecule has 2 fully saturated rings. The Balaban J connectivity index is 0.00000140. The standard InChI is InChI=1S/C21H27N3OS.2ClH/c1-14-23-20(13-26-14)17-4-2-15(3-5-17)8-9-22-21(25)12-16-10-18-6-7-19(11-16)24-18;;/h2-5,13,16,18-19,24H,6-12H2,1H3,(H,22,25);2*1H. The van der Waals surface area contributed by atoms with E-state index in [9.17, 15) is 4.79 Å². The molecule has 2 unspecified atom stereocenters. The van der Waals surface area contributed by atoms with Gasteiger partial charge in [0.25, 0.3) is 0 Å². The zero-order valence-electron chi connectivity index (χ0n) is 16.1. The van der Waals surface area contributed by atoms with Gasteiger partial charge in [-0.3, -0.25) is 4.79 Å². The highest BCUT2D eigenvalue weighted by Gasteiger charge is 2.34. The van der Waals surface area contributed by atoms with Crippen LogP contribution >= 0.6 is 36.2 Å². The first-order chi connectivity index (χ1) is 12.7. The fourth-order valence-corrected chi connectivity index (χ4v) is 4.98. The van der Waals surface area contributed by atoms with E-state index in [1.807, 2.05) is 6.92 Å². The smallest absolute Gasteiger partial charge is 0.220 e. The molecule has 0 aliphatic carbocycles. The Morgan fingerprint density at radius 2 is 1.86 bits per heavy atom. The first-order valence-corrected chi connectivity index (χ1v) is 10.6. The van der Waals surface area contributed by atoms with Crippen molar-refractivity contribution in [3.05, 3.63) is 40.2 Å². The lowest BCUT2D eigenvalue weighted by Crippen LogP contribution is -2.39. The topological polar surface area (TPSA) is 54.0 Å². The van der Waals surface area contributed by atoms with Crippen molar-refractivity contribution in [1.29, 1.82) is 0 Å². The van der Waals surface area contributed by atoms with Crippen LogP contribution in [0, 0.1) is 12.8 Å². The number of nitrogens with zero attached hydrogens (tertiary/aromatic N) is 1. The van der Waals surface area contributed by atoms with E-state index in [1.165, 1.54) is 31.2 Å². The van der Waals surface area contributed by atoms with Crippen molar-refractivity contribution in [3.8, 4) is 11.3 Å². The fraction of sp³-hybridized carbons (Fsp3) is 0.524. The number of hydrogen-bond acceptors (Lipinski definition) is 4. The maximum Gasteiger partial charge on any atom is 0.220 e. The maximum absolute atomic E-state index is 12.2. The van der Waals surface area contributed by atoms with Crippen LogP contribution < -0.4 is 10.6 Å². The molecule has 2 aliphatic heterocycles. The van der Waals surface area contributed by atoms with Gasteiger partial charge in [-0.2, -0.15) is 0 Å². The molecule has 2 aliphatic rings. The van der Waals surface area contributed by atoms with Crippen molar-refractivity contribution in [2.75, 3.05) is 6.54 Å². The normalized spacial score (nSPS) is 22.8. The zero-order chi connectivity index (χ0) is 17.9. The van der Waals surface area contributed by atoms with Crippen LogP contribution in [0.5, 0.6) is 0 Å². The molecule has 1 aromatic carbocycles. The number of hydrogen-bond donors (Lipinski definition) is 2. The van der Waals surface area contributed by atoms with Crippen LogP contribution in [0.3, 0.4) is 0 Å². The van der Waals surface area contributed by atoms with Crippen LogP contribution in [0.2, 0.25) is 0 Å². The Bertz CT molecular complexity index is 753. The first kappa shape index (κ1) is 23.1. The van der Waals surface area contributed by atoms with Crippen LogP contribution in [-0.2, 0) is 11.2 Å². The SMILES string of the molecule is Cc1nc(-c2ccc(CCNC(=O)CC3CC4CCC(C3)N4)cc2)cs1.Cl.Cl. The van der Waals surface area contributed by atoms with Crippen molar-refractivity contribution in [1.82, 2.24) is 15.6 Å². The van der Waals surface area contributed by atoms with Crippen LogP contribution in [0.25, 0.3) is 11.3 Å². The molecule has 4 rings (SSSR count). The van der Waals surface area contributed by atoms with Gasteiger partial charge in [0.1, 0.15) is 0 Å². The number of benzene rings is 1. The monoisotopic (exact) mass is 441 g/mol. The number of aromatic nitrogens is 1. The number of amides is 1. The number of nitrogens with one attached hydrogen (secondary N) is 2. The third-order valence-electron chi connectivity index (χ3n) is 5.65. The Morgan fingerprint density at radius 3 is 2.46 bits per heavy atom. The minimum absolute atomic E-state index is 0. The third-order valence-corrected chi connectivity index (χ3v) is 6.42. The van der Waals surface area contributed by atoms with Gasteiger partial charge in [-0.15, -0.1) is 36.2 Å². The second kappa shape index (κ2) is 10.6. The van der Waals surface area contributed by atoms with E-state index < -0.39 is 0 Å². The van der Waals surface area contributed by atoms with Crippen LogP contribution in [0.1, 0.15) is 42.7 Å². The number of aryl methyl sites for hydroxylation is 1. The Labute approximate surface area is 183 Å². The molecule has 4 nitrogen and oxygen atoms in total. The Hall–Kier alpha value is -1.14. The summed E-state index contributed by atoms with van der Waals surface area (Å²) in [5.74, 6) is 0.778. The summed E-state index contributed by atoms with van der Waals surface area (Å²) in [5.41, 5.74) is 3.45. The van der Waals surface area contributed by atoms with Gasteiger partial charge in [0, 0.05) is 36.0 Å². The highest BCUT2D eigenvalue weighted by atomic mass is 35.5. The quantitative estimate of drug-likeness (QED) is 0.691. The highest BCUT2D eigenvalue weighted by Crippen LogP contribution is 2.32. The van der Waals surface area contributed by atoms with Crippen molar-refractivity contribution in [2.45, 2.75) is 57.5 Å². The van der Waals surface area contributed by atoms with Gasteiger partial charge in [-0.1, -0.05) is 24.3 Å². The van der Waals surface area contributed by atoms with E-state index in [1.54, 1.807) is 11.3 Å². The lowest BCUT2D eigenvalue weighted by Gasteiger charge is -2.28. The second-order valence-electron chi connectivity index (χ2n) is 7.73. The molecule has 2 saturated heterocycles. The molecule has 1 amide bonds. The van der Waals surface area contributed by atoms with Crippen molar-refractivity contribution < 1.29 is 4.79 Å². The summed E-state index contributed by atoms with van der Waals surface area (Å²) in [6, 6.07) is 9.84. The van der Waals surface area contributed by atoms with Gasteiger partial charge in [0.15, 0.2) is 0 Å². The van der Waals surface area contributed by atoms with E-state index in [0.717, 1.165) is 22.7 Å². The van der Waals surface area contributed by atoms with Gasteiger partial charge in [-0.05, 0) is 50.5 Å². The number of thiazole rings is 1. The summed E-state index contributed by atoms with van der Waals surface area (Å²) in [7, 11) is 0. The van der Waals surface area contributed by atoms with E-state index in [-0.39, 0.29) is 30.7 Å². The summed E-state index contributed by atoms with van der Waals surface area (Å²) in [4.78, 5) is 16.8. The van der Waals surface area contributed by atoms with E-state index in [0.29, 0.717) is 31.0 Å². The number of fused-ring (bicyclic) bond motifs is 2. The highest BCUT2D eigenvalue weighted by molar-refractivity contribution is 7.09. The molecule has 28 heavy (non-hydrogen) atoms. The largest absolute Gasteiger partial charge is 0.356 e. The summed E-state index contributed by atoms with van der Waals surface area (Å²) in [5, 5.41) is 9.93. The molecule has 2 aromatic rings. The number of halogens is 2. The molecule has 154 valence electrons. The summed E-state index contributed by atoms with van der Waals surface area (Å²) in [6.45, 7) is 2.74. The lowest BCUT2D eigenvalue weighted by atomic mass is 9.89. The van der Waals surface area contributed by atoms with Crippen molar-refractivity contribution in [2.24, 2.45) is 5.92 Å². The molecule has 2 bridgehead atoms. The van der Waals surface area contributed by atoms with Gasteiger partial charge in [0.2, 0.25) is 5.91 Å². The van der Waals surface area contributed by atoms with Crippen molar-refractivity contribution >= 4 is 42.1 Å². The Kier molecular flexibility index (Phi) is 8.75. The van der Waals surface area contributed by atoms with Crippen LogP contribution in [0.15, 0.2) is 29.6 Å². The summed E-state index contributed by atoms with van der Waals surface area (Å²) >= 11 is 1.68. The predicted molar refractivity (Wildman–Crippen MR) is 121 cm³/mol. The number of rotatable bonds is 6. The van der Waals surface area contributed by atoms with Crippen LogP contribution in [-0.4, -0.2) is 29.5 Å².